The average Bonchev–Trinajstić information content (AvgIpc) is 2.50. The zero-order chi connectivity index (χ0) is 15.9. The molecule has 1 heterocycles. The van der Waals surface area contributed by atoms with Gasteiger partial charge in [-0.2, -0.15) is 0 Å². The molecule has 1 aliphatic heterocycles. The molecule has 2 N–H and O–H groups in total. The molecule has 3 rings (SSSR count). The van der Waals surface area contributed by atoms with Gasteiger partial charge in [0.1, 0.15) is 0 Å². The van der Waals surface area contributed by atoms with Crippen LogP contribution in [0.1, 0.15) is 23.1 Å². The quantitative estimate of drug-likeness (QED) is 0.942. The number of rotatable bonds is 3. The third-order valence-corrected chi connectivity index (χ3v) is 5.80. The molecule has 2 aromatic rings. The minimum absolute atomic E-state index is 0.654. The Hall–Kier alpha value is -1.65. The average molecular weight is 314 g/mol. The SMILES string of the molecule is Cc1ccc2c(c1)N(CCCN)c1c(ccc(C)c1C)S2=O. The molecule has 0 aliphatic carbocycles. The van der Waals surface area contributed by atoms with Crippen LogP contribution in [-0.4, -0.2) is 17.3 Å². The fourth-order valence-electron chi connectivity index (χ4n) is 2.98. The third-order valence-electron chi connectivity index (χ3n) is 4.33. The summed E-state index contributed by atoms with van der Waals surface area (Å²) >= 11 is 0. The normalized spacial score (nSPS) is 16.4. The first-order valence-electron chi connectivity index (χ1n) is 7.65. The second-order valence-electron chi connectivity index (χ2n) is 5.89. The predicted octanol–water partition coefficient (Wildman–Crippen LogP) is 3.58. The highest BCUT2D eigenvalue weighted by Gasteiger charge is 2.29. The summed E-state index contributed by atoms with van der Waals surface area (Å²) in [5.74, 6) is 0. The molecule has 3 nitrogen and oxygen atoms in total. The number of hydrogen-bond donors (Lipinski definition) is 1. The highest BCUT2D eigenvalue weighted by molar-refractivity contribution is 7.85. The molecule has 0 saturated heterocycles. The zero-order valence-corrected chi connectivity index (χ0v) is 14.2. The van der Waals surface area contributed by atoms with E-state index in [2.05, 4.69) is 37.8 Å². The van der Waals surface area contributed by atoms with Crippen LogP contribution < -0.4 is 10.6 Å². The number of nitrogens with zero attached hydrogens (tertiary/aromatic N) is 1. The van der Waals surface area contributed by atoms with Gasteiger partial charge < -0.3 is 10.6 Å². The number of aryl methyl sites for hydroxylation is 2. The molecule has 1 aliphatic rings. The Balaban J connectivity index is 2.25. The van der Waals surface area contributed by atoms with E-state index in [1.165, 1.54) is 16.7 Å². The van der Waals surface area contributed by atoms with Crippen molar-refractivity contribution in [3.8, 4) is 0 Å². The van der Waals surface area contributed by atoms with Crippen LogP contribution in [0.4, 0.5) is 11.4 Å². The van der Waals surface area contributed by atoms with E-state index in [9.17, 15) is 4.21 Å². The van der Waals surface area contributed by atoms with Gasteiger partial charge in [0.2, 0.25) is 0 Å². The van der Waals surface area contributed by atoms with Crippen LogP contribution in [0.5, 0.6) is 0 Å². The van der Waals surface area contributed by atoms with Crippen LogP contribution in [0, 0.1) is 20.8 Å². The standard InChI is InChI=1S/C18H22N2OS/c1-12-5-7-16-15(11-12)20(10-4-9-19)18-14(3)13(2)6-8-17(18)22(16)21/h5-8,11H,4,9-10,19H2,1-3H3. The van der Waals surface area contributed by atoms with E-state index in [4.69, 9.17) is 5.73 Å². The molecule has 4 heteroatoms. The van der Waals surface area contributed by atoms with Crippen molar-refractivity contribution in [1.82, 2.24) is 0 Å². The van der Waals surface area contributed by atoms with Crippen molar-refractivity contribution in [1.29, 1.82) is 0 Å². The summed E-state index contributed by atoms with van der Waals surface area (Å²) in [5, 5.41) is 0. The van der Waals surface area contributed by atoms with Crippen LogP contribution >= 0.6 is 0 Å². The third kappa shape index (κ3) is 2.36. The van der Waals surface area contributed by atoms with Crippen LogP contribution in [0.15, 0.2) is 40.1 Å². The van der Waals surface area contributed by atoms with Crippen molar-refractivity contribution in [2.45, 2.75) is 37.0 Å². The van der Waals surface area contributed by atoms with E-state index in [0.717, 1.165) is 34.1 Å². The van der Waals surface area contributed by atoms with Gasteiger partial charge in [-0.25, -0.2) is 4.21 Å². The Labute approximate surface area is 134 Å². The molecule has 0 fully saturated rings. The summed E-state index contributed by atoms with van der Waals surface area (Å²) in [7, 11) is -1.12. The molecule has 22 heavy (non-hydrogen) atoms. The van der Waals surface area contributed by atoms with Crippen molar-refractivity contribution in [2.75, 3.05) is 18.0 Å². The topological polar surface area (TPSA) is 46.3 Å². The molecule has 116 valence electrons. The molecule has 2 aromatic carbocycles. The second-order valence-corrected chi connectivity index (χ2v) is 7.31. The fraction of sp³-hybridized carbons (Fsp3) is 0.333. The molecule has 1 atom stereocenters. The molecule has 0 saturated carbocycles. The summed E-state index contributed by atoms with van der Waals surface area (Å²) in [6.45, 7) is 7.79. The van der Waals surface area contributed by atoms with Gasteiger partial charge in [-0.15, -0.1) is 0 Å². The monoisotopic (exact) mass is 314 g/mol. The van der Waals surface area contributed by atoms with Crippen molar-refractivity contribution in [3.05, 3.63) is 47.0 Å². The highest BCUT2D eigenvalue weighted by Crippen LogP contribution is 2.44. The fourth-order valence-corrected chi connectivity index (χ4v) is 4.40. The first-order chi connectivity index (χ1) is 10.5. The Morgan fingerprint density at radius 2 is 1.82 bits per heavy atom. The van der Waals surface area contributed by atoms with Gasteiger partial charge in [-0.3, -0.25) is 0 Å². The van der Waals surface area contributed by atoms with Gasteiger partial charge in [-0.1, -0.05) is 12.1 Å². The summed E-state index contributed by atoms with van der Waals surface area (Å²) in [4.78, 5) is 4.11. The van der Waals surface area contributed by atoms with Crippen LogP contribution in [0.3, 0.4) is 0 Å². The molecule has 0 amide bonds. The van der Waals surface area contributed by atoms with E-state index < -0.39 is 10.8 Å². The lowest BCUT2D eigenvalue weighted by Gasteiger charge is -2.34. The lowest BCUT2D eigenvalue weighted by Crippen LogP contribution is -2.27. The van der Waals surface area contributed by atoms with Crippen molar-refractivity contribution < 1.29 is 4.21 Å². The van der Waals surface area contributed by atoms with Crippen LogP contribution in [0.25, 0.3) is 0 Å². The van der Waals surface area contributed by atoms with E-state index >= 15 is 0 Å². The van der Waals surface area contributed by atoms with E-state index in [1.54, 1.807) is 0 Å². The van der Waals surface area contributed by atoms with Gasteiger partial charge >= 0.3 is 0 Å². The molecule has 0 aromatic heterocycles. The zero-order valence-electron chi connectivity index (χ0n) is 13.3. The van der Waals surface area contributed by atoms with Crippen molar-refractivity contribution >= 4 is 22.2 Å². The molecular formula is C18H22N2OS. The molecule has 1 unspecified atom stereocenters. The molecule has 0 radical (unpaired) electrons. The first kappa shape index (κ1) is 15.3. The van der Waals surface area contributed by atoms with E-state index in [-0.39, 0.29) is 0 Å². The molecule has 0 spiro atoms. The number of fused-ring (bicyclic) bond motifs is 2. The van der Waals surface area contributed by atoms with E-state index in [0.29, 0.717) is 6.54 Å². The number of hydrogen-bond acceptors (Lipinski definition) is 3. The van der Waals surface area contributed by atoms with Gasteiger partial charge in [-0.05, 0) is 68.6 Å². The van der Waals surface area contributed by atoms with Crippen LogP contribution in [0.2, 0.25) is 0 Å². The predicted molar refractivity (Wildman–Crippen MR) is 92.4 cm³/mol. The van der Waals surface area contributed by atoms with Crippen molar-refractivity contribution in [2.24, 2.45) is 5.73 Å². The number of benzene rings is 2. The van der Waals surface area contributed by atoms with Gasteiger partial charge in [0, 0.05) is 6.54 Å². The largest absolute Gasteiger partial charge is 0.339 e. The lowest BCUT2D eigenvalue weighted by molar-refractivity contribution is 0.680. The van der Waals surface area contributed by atoms with Crippen LogP contribution in [-0.2, 0) is 10.8 Å². The minimum Gasteiger partial charge on any atom is -0.339 e. The summed E-state index contributed by atoms with van der Waals surface area (Å²) in [5.41, 5.74) is 11.5. The maximum absolute atomic E-state index is 13.0. The van der Waals surface area contributed by atoms with Gasteiger partial charge in [0.25, 0.3) is 0 Å². The second kappa shape index (κ2) is 5.86. The summed E-state index contributed by atoms with van der Waals surface area (Å²) in [6, 6.07) is 10.2. The van der Waals surface area contributed by atoms with Crippen molar-refractivity contribution in [3.63, 3.8) is 0 Å². The molecular weight excluding hydrogens is 292 g/mol. The maximum atomic E-state index is 13.0. The Morgan fingerprint density at radius 1 is 1.09 bits per heavy atom. The van der Waals surface area contributed by atoms with E-state index in [1.807, 2.05) is 18.2 Å². The highest BCUT2D eigenvalue weighted by atomic mass is 32.2. The smallest absolute Gasteiger partial charge is 0.0892 e. The van der Waals surface area contributed by atoms with Gasteiger partial charge in [0.15, 0.2) is 0 Å². The number of anilines is 2. The summed E-state index contributed by atoms with van der Waals surface area (Å²) < 4.78 is 13.0. The lowest BCUT2D eigenvalue weighted by atomic mass is 10.1. The number of nitrogens with two attached hydrogens (primary N) is 1. The minimum atomic E-state index is -1.12. The Morgan fingerprint density at radius 3 is 2.55 bits per heavy atom. The molecule has 0 bridgehead atoms. The summed E-state index contributed by atoms with van der Waals surface area (Å²) in [6.07, 6.45) is 0.910. The maximum Gasteiger partial charge on any atom is 0.0892 e. The van der Waals surface area contributed by atoms with Gasteiger partial charge in [0.05, 0.1) is 32.0 Å². The Bertz CT molecular complexity index is 755. The first-order valence-corrected chi connectivity index (χ1v) is 8.80. The Kier molecular flexibility index (Phi) is 4.06.